The number of carbonyl (C=O) groups is 2. The average Bonchev–Trinajstić information content (AvgIpc) is 3.33. The minimum atomic E-state index is -0.0301. The Bertz CT molecular complexity index is 845. The van der Waals surface area contributed by atoms with Crippen molar-refractivity contribution < 1.29 is 9.59 Å². The molecule has 7 heteroatoms. The molecular weight excluding hydrogens is 384 g/mol. The molecule has 0 aliphatic rings. The highest BCUT2D eigenvalue weighted by atomic mass is 32.2. The highest BCUT2D eigenvalue weighted by molar-refractivity contribution is 8.01. The molecular formula is C19H18N2O2S3. The number of hydrogen-bond donors (Lipinski definition) is 1. The molecule has 0 atom stereocenters. The van der Waals surface area contributed by atoms with Crippen molar-refractivity contribution in [3.05, 3.63) is 69.4 Å². The van der Waals surface area contributed by atoms with Gasteiger partial charge in [0.15, 0.2) is 10.1 Å². The average molecular weight is 403 g/mol. The van der Waals surface area contributed by atoms with E-state index in [0.29, 0.717) is 12.3 Å². The van der Waals surface area contributed by atoms with Crippen LogP contribution >= 0.6 is 34.4 Å². The van der Waals surface area contributed by atoms with E-state index in [4.69, 9.17) is 0 Å². The maximum Gasteiger partial charge on any atom is 0.226 e. The normalized spacial score (nSPS) is 10.6. The van der Waals surface area contributed by atoms with Gasteiger partial charge in [-0.2, -0.15) is 0 Å². The van der Waals surface area contributed by atoms with E-state index in [-0.39, 0.29) is 18.1 Å². The van der Waals surface area contributed by atoms with Gasteiger partial charge in [-0.15, -0.1) is 22.7 Å². The molecule has 3 aromatic rings. The molecule has 0 radical (unpaired) electrons. The van der Waals surface area contributed by atoms with E-state index in [0.717, 1.165) is 21.3 Å². The Kier molecular flexibility index (Phi) is 6.99. The van der Waals surface area contributed by atoms with Gasteiger partial charge >= 0.3 is 0 Å². The topological polar surface area (TPSA) is 59.1 Å². The first-order chi connectivity index (χ1) is 12.7. The monoisotopic (exact) mass is 402 g/mol. The van der Waals surface area contributed by atoms with Crippen LogP contribution in [-0.4, -0.2) is 29.0 Å². The van der Waals surface area contributed by atoms with Crippen LogP contribution in [-0.2, 0) is 17.6 Å². The van der Waals surface area contributed by atoms with Gasteiger partial charge < -0.3 is 5.32 Å². The second-order valence-corrected chi connectivity index (χ2v) is 8.58. The van der Waals surface area contributed by atoms with E-state index in [2.05, 4.69) is 10.3 Å². The van der Waals surface area contributed by atoms with Gasteiger partial charge in [0.2, 0.25) is 5.91 Å². The molecule has 0 bridgehead atoms. The molecule has 0 saturated carbocycles. The maximum atomic E-state index is 12.0. The number of aromatic nitrogens is 1. The number of rotatable bonds is 9. The summed E-state index contributed by atoms with van der Waals surface area (Å²) in [5, 5.41) is 6.71. The maximum absolute atomic E-state index is 12.0. The number of thioether (sulfide) groups is 1. The second kappa shape index (κ2) is 9.66. The lowest BCUT2D eigenvalue weighted by molar-refractivity contribution is -0.120. The molecule has 2 aromatic heterocycles. The van der Waals surface area contributed by atoms with E-state index < -0.39 is 0 Å². The van der Waals surface area contributed by atoms with Crippen LogP contribution in [0.25, 0.3) is 0 Å². The predicted octanol–water partition coefficient (Wildman–Crippen LogP) is 4.08. The zero-order chi connectivity index (χ0) is 18.2. The van der Waals surface area contributed by atoms with E-state index in [1.165, 1.54) is 40.0 Å². The van der Waals surface area contributed by atoms with Gasteiger partial charge in [-0.3, -0.25) is 9.59 Å². The van der Waals surface area contributed by atoms with Crippen molar-refractivity contribution in [3.8, 4) is 0 Å². The van der Waals surface area contributed by atoms with Crippen molar-refractivity contribution in [2.75, 3.05) is 12.3 Å². The lowest BCUT2D eigenvalue weighted by Crippen LogP contribution is -2.27. The summed E-state index contributed by atoms with van der Waals surface area (Å²) < 4.78 is 0.821. The van der Waals surface area contributed by atoms with Crippen LogP contribution < -0.4 is 5.32 Å². The summed E-state index contributed by atoms with van der Waals surface area (Å²) in [5.74, 6) is 0.453. The summed E-state index contributed by atoms with van der Waals surface area (Å²) in [7, 11) is 0. The quantitative estimate of drug-likeness (QED) is 0.433. The van der Waals surface area contributed by atoms with Crippen LogP contribution in [0.3, 0.4) is 0 Å². The fourth-order valence-electron chi connectivity index (χ4n) is 2.29. The molecule has 3 rings (SSSR count). The first-order valence-electron chi connectivity index (χ1n) is 8.15. The molecule has 2 heterocycles. The van der Waals surface area contributed by atoms with Crippen LogP contribution in [0.1, 0.15) is 20.9 Å². The number of thiazole rings is 1. The molecule has 0 saturated heterocycles. The largest absolute Gasteiger partial charge is 0.355 e. The van der Waals surface area contributed by atoms with Gasteiger partial charge in [-0.05, 0) is 23.4 Å². The Balaban J connectivity index is 1.40. The van der Waals surface area contributed by atoms with Crippen molar-refractivity contribution in [1.29, 1.82) is 0 Å². The lowest BCUT2D eigenvalue weighted by atomic mass is 10.1. The SMILES string of the molecule is O=C(Cc1csc(SCC(=O)c2cccs2)n1)NCCc1ccccc1. The smallest absolute Gasteiger partial charge is 0.226 e. The minimum absolute atomic E-state index is 0.0301. The molecule has 1 amide bonds. The van der Waals surface area contributed by atoms with E-state index in [9.17, 15) is 9.59 Å². The van der Waals surface area contributed by atoms with Crippen molar-refractivity contribution in [1.82, 2.24) is 10.3 Å². The summed E-state index contributed by atoms with van der Waals surface area (Å²) in [4.78, 5) is 29.2. The van der Waals surface area contributed by atoms with Gasteiger partial charge in [0, 0.05) is 11.9 Å². The highest BCUT2D eigenvalue weighted by Gasteiger charge is 2.11. The van der Waals surface area contributed by atoms with Crippen molar-refractivity contribution in [2.45, 2.75) is 17.2 Å². The minimum Gasteiger partial charge on any atom is -0.355 e. The number of Topliss-reactive ketones (excluding diaryl/α,β-unsaturated/α-hetero) is 1. The molecule has 0 spiro atoms. The Morgan fingerprint density at radius 3 is 2.69 bits per heavy atom. The number of thiophene rings is 1. The number of benzene rings is 1. The Morgan fingerprint density at radius 2 is 1.92 bits per heavy atom. The summed E-state index contributed by atoms with van der Waals surface area (Å²) in [6, 6.07) is 13.8. The molecule has 0 aliphatic carbocycles. The van der Waals surface area contributed by atoms with Gasteiger partial charge in [-0.1, -0.05) is 48.2 Å². The van der Waals surface area contributed by atoms with Crippen molar-refractivity contribution >= 4 is 46.1 Å². The van der Waals surface area contributed by atoms with Gasteiger partial charge in [0.05, 0.1) is 22.7 Å². The number of amides is 1. The Labute approximate surface area is 164 Å². The van der Waals surface area contributed by atoms with Crippen molar-refractivity contribution in [2.24, 2.45) is 0 Å². The first kappa shape index (κ1) is 18.8. The van der Waals surface area contributed by atoms with Crippen LogP contribution in [0, 0.1) is 0 Å². The van der Waals surface area contributed by atoms with E-state index >= 15 is 0 Å². The third kappa shape index (κ3) is 5.79. The summed E-state index contributed by atoms with van der Waals surface area (Å²) in [6.45, 7) is 0.615. The number of ketones is 1. The van der Waals surface area contributed by atoms with Gasteiger partial charge in [-0.25, -0.2) is 4.98 Å². The highest BCUT2D eigenvalue weighted by Crippen LogP contribution is 2.24. The number of nitrogens with zero attached hydrogens (tertiary/aromatic N) is 1. The fourth-order valence-corrected chi connectivity index (χ4v) is 4.77. The van der Waals surface area contributed by atoms with Crippen LogP contribution in [0.15, 0.2) is 57.6 Å². The lowest BCUT2D eigenvalue weighted by Gasteiger charge is -2.04. The summed E-state index contributed by atoms with van der Waals surface area (Å²) in [5.41, 5.74) is 1.95. The van der Waals surface area contributed by atoms with Gasteiger partial charge in [0.25, 0.3) is 0 Å². The zero-order valence-corrected chi connectivity index (χ0v) is 16.5. The predicted molar refractivity (Wildman–Crippen MR) is 108 cm³/mol. The molecule has 1 aromatic carbocycles. The summed E-state index contributed by atoms with van der Waals surface area (Å²) >= 11 is 4.35. The third-order valence-corrected chi connectivity index (χ3v) is 6.55. The van der Waals surface area contributed by atoms with Crippen LogP contribution in [0.5, 0.6) is 0 Å². The zero-order valence-electron chi connectivity index (χ0n) is 14.0. The van der Waals surface area contributed by atoms with E-state index in [1.807, 2.05) is 53.2 Å². The molecule has 4 nitrogen and oxygen atoms in total. The number of carbonyl (C=O) groups excluding carboxylic acids is 2. The molecule has 0 unspecified atom stereocenters. The molecule has 1 N–H and O–H groups in total. The van der Waals surface area contributed by atoms with Gasteiger partial charge in [0.1, 0.15) is 0 Å². The number of nitrogens with one attached hydrogen (secondary N) is 1. The van der Waals surface area contributed by atoms with Crippen LogP contribution in [0.2, 0.25) is 0 Å². The van der Waals surface area contributed by atoms with Crippen molar-refractivity contribution in [3.63, 3.8) is 0 Å². The molecule has 0 aliphatic heterocycles. The standard InChI is InChI=1S/C19H18N2O2S3/c22-16(17-7-4-10-24-17)13-26-19-21-15(12-25-19)11-18(23)20-9-8-14-5-2-1-3-6-14/h1-7,10,12H,8-9,11,13H2,(H,20,23). The van der Waals surface area contributed by atoms with E-state index in [1.54, 1.807) is 0 Å². The molecule has 134 valence electrons. The third-order valence-electron chi connectivity index (χ3n) is 3.57. The Morgan fingerprint density at radius 1 is 1.08 bits per heavy atom. The second-order valence-electron chi connectivity index (χ2n) is 5.56. The van der Waals surface area contributed by atoms with Crippen LogP contribution in [0.4, 0.5) is 0 Å². The Hall–Kier alpha value is -1.96. The fraction of sp³-hybridized carbons (Fsp3) is 0.211. The first-order valence-corrected chi connectivity index (χ1v) is 10.9. The summed E-state index contributed by atoms with van der Waals surface area (Å²) in [6.07, 6.45) is 1.08. The molecule has 0 fully saturated rings. The number of hydrogen-bond acceptors (Lipinski definition) is 6. The molecule has 26 heavy (non-hydrogen) atoms.